The number of halogens is 1. The van der Waals surface area contributed by atoms with Gasteiger partial charge in [-0.2, -0.15) is 0 Å². The molecule has 1 amide bonds. The molecule has 1 aliphatic rings. The second kappa shape index (κ2) is 8.64. The monoisotopic (exact) mass is 392 g/mol. The average Bonchev–Trinajstić information content (AvgIpc) is 2.79. The normalized spacial score (nSPS) is 14.0. The number of nitrogens with one attached hydrogen (secondary N) is 1. The van der Waals surface area contributed by atoms with Crippen LogP contribution in [0, 0.1) is 5.82 Å². The second-order valence-electron chi connectivity index (χ2n) is 6.74. The van der Waals surface area contributed by atoms with Crippen LogP contribution in [0.2, 0.25) is 0 Å². The summed E-state index contributed by atoms with van der Waals surface area (Å²) in [5, 5.41) is 3.12. The number of rotatable bonds is 5. The lowest BCUT2D eigenvalue weighted by molar-refractivity contribution is 0.0746. The maximum absolute atomic E-state index is 14.0. The molecule has 1 aliphatic heterocycles. The number of anilines is 2. The fraction of sp³-hybridized carbons (Fsp3) is 0.238. The van der Waals surface area contributed by atoms with Crippen LogP contribution < -0.4 is 10.2 Å². The topological polar surface area (TPSA) is 74.2 Å². The average molecular weight is 392 g/mol. The summed E-state index contributed by atoms with van der Waals surface area (Å²) in [4.78, 5) is 28.9. The highest BCUT2D eigenvalue weighted by Crippen LogP contribution is 2.20. The number of piperazine rings is 1. The van der Waals surface area contributed by atoms with Crippen molar-refractivity contribution in [1.29, 1.82) is 0 Å². The van der Waals surface area contributed by atoms with E-state index in [2.05, 4.69) is 20.3 Å². The molecule has 29 heavy (non-hydrogen) atoms. The fourth-order valence-corrected chi connectivity index (χ4v) is 3.25. The van der Waals surface area contributed by atoms with E-state index < -0.39 is 0 Å². The molecule has 8 heteroatoms. The molecule has 0 bridgehead atoms. The van der Waals surface area contributed by atoms with E-state index >= 15 is 0 Å². The third-order valence-corrected chi connectivity index (χ3v) is 4.86. The van der Waals surface area contributed by atoms with E-state index in [0.717, 1.165) is 5.56 Å². The first-order valence-corrected chi connectivity index (χ1v) is 9.44. The molecule has 0 spiro atoms. The van der Waals surface area contributed by atoms with Gasteiger partial charge in [0.05, 0.1) is 11.3 Å². The number of carbonyl (C=O) groups is 1. The number of carbonyl (C=O) groups excluding carboxylic acids is 1. The lowest BCUT2D eigenvalue weighted by atomic mass is 10.2. The largest absolute Gasteiger partial charge is 0.366 e. The van der Waals surface area contributed by atoms with Crippen LogP contribution in [0.3, 0.4) is 0 Å². The van der Waals surface area contributed by atoms with Gasteiger partial charge in [-0.15, -0.1) is 0 Å². The van der Waals surface area contributed by atoms with Gasteiger partial charge in [0.25, 0.3) is 5.91 Å². The zero-order chi connectivity index (χ0) is 20.1. The van der Waals surface area contributed by atoms with E-state index in [0.29, 0.717) is 49.9 Å². The molecular weight excluding hydrogens is 371 g/mol. The lowest BCUT2D eigenvalue weighted by Crippen LogP contribution is -2.49. The molecule has 0 radical (unpaired) electrons. The van der Waals surface area contributed by atoms with Gasteiger partial charge in [-0.3, -0.25) is 9.78 Å². The van der Waals surface area contributed by atoms with Gasteiger partial charge in [-0.25, -0.2) is 14.4 Å². The Morgan fingerprint density at radius 2 is 1.69 bits per heavy atom. The Hall–Kier alpha value is -3.55. The predicted molar refractivity (Wildman–Crippen MR) is 108 cm³/mol. The summed E-state index contributed by atoms with van der Waals surface area (Å²) in [6, 6.07) is 10.5. The van der Waals surface area contributed by atoms with Crippen LogP contribution in [0.5, 0.6) is 0 Å². The minimum atomic E-state index is -0.240. The molecule has 148 valence electrons. The zero-order valence-corrected chi connectivity index (χ0v) is 15.8. The van der Waals surface area contributed by atoms with Crippen LogP contribution in [-0.4, -0.2) is 51.9 Å². The van der Waals surface area contributed by atoms with Crippen molar-refractivity contribution < 1.29 is 9.18 Å². The molecule has 1 aromatic carbocycles. The number of hydrogen-bond donors (Lipinski definition) is 1. The van der Waals surface area contributed by atoms with Gasteiger partial charge < -0.3 is 15.1 Å². The van der Waals surface area contributed by atoms with Crippen LogP contribution in [-0.2, 0) is 6.54 Å². The summed E-state index contributed by atoms with van der Waals surface area (Å²) in [5.41, 5.74) is 2.09. The SMILES string of the molecule is O=C(c1cnc(NCc2ccncc2)nc1)N1CCN(c2ccccc2F)CC1. The van der Waals surface area contributed by atoms with Gasteiger partial charge in [0.15, 0.2) is 0 Å². The minimum absolute atomic E-state index is 0.112. The Labute approximate surface area is 168 Å². The molecule has 0 atom stereocenters. The summed E-state index contributed by atoms with van der Waals surface area (Å²) in [7, 11) is 0. The van der Waals surface area contributed by atoms with E-state index in [4.69, 9.17) is 0 Å². The van der Waals surface area contributed by atoms with Gasteiger partial charge in [-0.1, -0.05) is 12.1 Å². The van der Waals surface area contributed by atoms with Crippen molar-refractivity contribution in [2.45, 2.75) is 6.54 Å². The number of hydrogen-bond acceptors (Lipinski definition) is 6. The maximum Gasteiger partial charge on any atom is 0.257 e. The summed E-state index contributed by atoms with van der Waals surface area (Å²) >= 11 is 0. The van der Waals surface area contributed by atoms with Crippen molar-refractivity contribution in [2.75, 3.05) is 36.4 Å². The van der Waals surface area contributed by atoms with Crippen LogP contribution in [0.1, 0.15) is 15.9 Å². The summed E-state index contributed by atoms with van der Waals surface area (Å²) in [6.45, 7) is 2.79. The molecule has 7 nitrogen and oxygen atoms in total. The molecule has 1 N–H and O–H groups in total. The smallest absolute Gasteiger partial charge is 0.257 e. The van der Waals surface area contributed by atoms with E-state index in [1.807, 2.05) is 23.1 Å². The number of para-hydroxylation sites is 1. The first-order chi connectivity index (χ1) is 14.2. The zero-order valence-electron chi connectivity index (χ0n) is 15.8. The van der Waals surface area contributed by atoms with Gasteiger partial charge >= 0.3 is 0 Å². The predicted octanol–water partition coefficient (Wildman–Crippen LogP) is 2.59. The number of pyridine rings is 1. The molecule has 0 saturated carbocycles. The van der Waals surface area contributed by atoms with Gasteiger partial charge in [0.1, 0.15) is 5.82 Å². The number of aromatic nitrogens is 3. The third-order valence-electron chi connectivity index (χ3n) is 4.86. The fourth-order valence-electron chi connectivity index (χ4n) is 3.25. The van der Waals surface area contributed by atoms with Crippen molar-refractivity contribution in [2.24, 2.45) is 0 Å². The number of benzene rings is 1. The van der Waals surface area contributed by atoms with Crippen LogP contribution >= 0.6 is 0 Å². The van der Waals surface area contributed by atoms with Crippen molar-refractivity contribution in [3.63, 3.8) is 0 Å². The Morgan fingerprint density at radius 3 is 2.38 bits per heavy atom. The van der Waals surface area contributed by atoms with E-state index in [1.165, 1.54) is 18.5 Å². The summed E-state index contributed by atoms with van der Waals surface area (Å²) in [5.74, 6) is 0.108. The Balaban J connectivity index is 1.32. The molecule has 3 heterocycles. The van der Waals surface area contributed by atoms with Crippen molar-refractivity contribution >= 4 is 17.5 Å². The highest BCUT2D eigenvalue weighted by Gasteiger charge is 2.24. The summed E-state index contributed by atoms with van der Waals surface area (Å²) in [6.07, 6.45) is 6.53. The Bertz CT molecular complexity index is 958. The standard InChI is InChI=1S/C21H21FN6O/c22-18-3-1-2-4-19(18)27-9-11-28(12-10-27)20(29)17-14-25-21(26-15-17)24-13-16-5-7-23-8-6-16/h1-8,14-15H,9-13H2,(H,24,25,26). The molecule has 0 aliphatic carbocycles. The van der Waals surface area contributed by atoms with Gasteiger partial charge in [0.2, 0.25) is 5.95 Å². The quantitative estimate of drug-likeness (QED) is 0.720. The van der Waals surface area contributed by atoms with Crippen LogP contribution in [0.25, 0.3) is 0 Å². The highest BCUT2D eigenvalue weighted by molar-refractivity contribution is 5.93. The molecule has 1 saturated heterocycles. The van der Waals surface area contributed by atoms with Crippen molar-refractivity contribution in [3.05, 3.63) is 78.1 Å². The first-order valence-electron chi connectivity index (χ1n) is 9.44. The van der Waals surface area contributed by atoms with Gasteiger partial charge in [0, 0.05) is 57.5 Å². The Kier molecular flexibility index (Phi) is 5.60. The van der Waals surface area contributed by atoms with Crippen molar-refractivity contribution in [3.8, 4) is 0 Å². The molecule has 2 aromatic heterocycles. The highest BCUT2D eigenvalue weighted by atomic mass is 19.1. The van der Waals surface area contributed by atoms with E-state index in [1.54, 1.807) is 29.4 Å². The van der Waals surface area contributed by atoms with Crippen LogP contribution in [0.15, 0.2) is 61.2 Å². The molecule has 1 fully saturated rings. The molecule has 4 rings (SSSR count). The molecule has 3 aromatic rings. The van der Waals surface area contributed by atoms with Crippen molar-refractivity contribution in [1.82, 2.24) is 19.9 Å². The minimum Gasteiger partial charge on any atom is -0.366 e. The maximum atomic E-state index is 14.0. The third kappa shape index (κ3) is 4.48. The molecule has 0 unspecified atom stereocenters. The lowest BCUT2D eigenvalue weighted by Gasteiger charge is -2.36. The van der Waals surface area contributed by atoms with E-state index in [9.17, 15) is 9.18 Å². The Morgan fingerprint density at radius 1 is 1.00 bits per heavy atom. The number of nitrogens with zero attached hydrogens (tertiary/aromatic N) is 5. The number of amides is 1. The molecular formula is C21H21FN6O. The van der Waals surface area contributed by atoms with Gasteiger partial charge in [-0.05, 0) is 29.8 Å². The first kappa shape index (κ1) is 18.8. The van der Waals surface area contributed by atoms with Crippen LogP contribution in [0.4, 0.5) is 16.0 Å². The summed E-state index contributed by atoms with van der Waals surface area (Å²) < 4.78 is 14.0. The van der Waals surface area contributed by atoms with E-state index in [-0.39, 0.29) is 11.7 Å². The second-order valence-corrected chi connectivity index (χ2v) is 6.74.